The van der Waals surface area contributed by atoms with Crippen molar-refractivity contribution < 1.29 is 17.9 Å². The molecule has 0 amide bonds. The third kappa shape index (κ3) is 4.42. The fraction of sp³-hybridized carbons (Fsp3) is 0.667. The molecule has 2 rings (SSSR count). The molecular weight excluding hydrogens is 326 g/mol. The summed E-state index contributed by atoms with van der Waals surface area (Å²) in [6, 6.07) is 4.66. The number of methoxy groups -OCH3 is 2. The first-order valence-corrected chi connectivity index (χ1v) is 9.90. The second-order valence-corrected chi connectivity index (χ2v) is 9.27. The normalized spacial score (nSPS) is 22.2. The van der Waals surface area contributed by atoms with Gasteiger partial charge in [0.2, 0.25) is 10.0 Å². The molecular formula is C18H29NO4S. The molecule has 136 valence electrons. The maximum atomic E-state index is 12.6. The number of hydrogen-bond donors (Lipinski definition) is 1. The van der Waals surface area contributed by atoms with Crippen LogP contribution in [0.2, 0.25) is 0 Å². The van der Waals surface area contributed by atoms with Crippen molar-refractivity contribution in [3.05, 3.63) is 18.2 Å². The minimum absolute atomic E-state index is 0.00157. The molecule has 1 aromatic carbocycles. The molecule has 1 aromatic rings. The van der Waals surface area contributed by atoms with Gasteiger partial charge in [-0.2, -0.15) is 0 Å². The monoisotopic (exact) mass is 355 g/mol. The number of hydrogen-bond acceptors (Lipinski definition) is 4. The number of benzene rings is 1. The number of sulfonamides is 1. The molecule has 0 bridgehead atoms. The van der Waals surface area contributed by atoms with Crippen molar-refractivity contribution in [3.63, 3.8) is 0 Å². The fourth-order valence-electron chi connectivity index (χ4n) is 3.35. The molecule has 1 N–H and O–H groups in total. The first kappa shape index (κ1) is 19.1. The molecule has 6 heteroatoms. The van der Waals surface area contributed by atoms with Crippen LogP contribution in [0.3, 0.4) is 0 Å². The minimum atomic E-state index is -3.56. The number of rotatable bonds is 5. The van der Waals surface area contributed by atoms with E-state index >= 15 is 0 Å². The molecule has 1 saturated carbocycles. The van der Waals surface area contributed by atoms with Gasteiger partial charge in [0.25, 0.3) is 0 Å². The van der Waals surface area contributed by atoms with E-state index in [0.29, 0.717) is 17.4 Å². The highest BCUT2D eigenvalue weighted by molar-refractivity contribution is 7.89. The van der Waals surface area contributed by atoms with E-state index in [2.05, 4.69) is 25.5 Å². The second kappa shape index (κ2) is 7.31. The van der Waals surface area contributed by atoms with Gasteiger partial charge >= 0.3 is 0 Å². The molecule has 0 unspecified atom stereocenters. The molecule has 0 spiro atoms. The first-order valence-electron chi connectivity index (χ1n) is 8.41. The van der Waals surface area contributed by atoms with Gasteiger partial charge in [0.1, 0.15) is 0 Å². The van der Waals surface area contributed by atoms with Crippen LogP contribution in [-0.4, -0.2) is 28.7 Å². The Morgan fingerprint density at radius 3 is 2.08 bits per heavy atom. The average Bonchev–Trinajstić information content (AvgIpc) is 2.53. The van der Waals surface area contributed by atoms with Gasteiger partial charge in [-0.3, -0.25) is 0 Å². The van der Waals surface area contributed by atoms with E-state index < -0.39 is 10.0 Å². The Kier molecular flexibility index (Phi) is 5.81. The van der Waals surface area contributed by atoms with E-state index in [1.807, 2.05) is 0 Å². The van der Waals surface area contributed by atoms with Gasteiger partial charge in [0.15, 0.2) is 11.5 Å². The van der Waals surface area contributed by atoms with Crippen LogP contribution in [0.1, 0.15) is 46.5 Å². The van der Waals surface area contributed by atoms with Gasteiger partial charge in [-0.05, 0) is 49.1 Å². The van der Waals surface area contributed by atoms with Gasteiger partial charge in [-0.1, -0.05) is 20.8 Å². The Morgan fingerprint density at radius 1 is 1.00 bits per heavy atom. The molecule has 0 aliphatic heterocycles. The van der Waals surface area contributed by atoms with E-state index in [9.17, 15) is 8.42 Å². The molecule has 5 nitrogen and oxygen atoms in total. The third-order valence-electron chi connectivity index (χ3n) is 4.94. The number of ether oxygens (including phenoxy) is 2. The highest BCUT2D eigenvalue weighted by Crippen LogP contribution is 2.38. The van der Waals surface area contributed by atoms with Crippen molar-refractivity contribution in [1.82, 2.24) is 4.72 Å². The summed E-state index contributed by atoms with van der Waals surface area (Å²) in [7, 11) is -0.535. The Labute approximate surface area is 145 Å². The second-order valence-electron chi connectivity index (χ2n) is 7.55. The third-order valence-corrected chi connectivity index (χ3v) is 6.46. The van der Waals surface area contributed by atoms with Crippen LogP contribution in [0.15, 0.2) is 23.1 Å². The summed E-state index contributed by atoms with van der Waals surface area (Å²) in [5.74, 6) is 1.58. The standard InChI is InChI=1S/C18H29NO4S/c1-18(2,3)13-6-8-14(9-7-13)19-24(20,21)15-10-11-16(22-4)17(12-15)23-5/h10-14,19H,6-9H2,1-5H3. The Balaban J connectivity index is 2.07. The van der Waals surface area contributed by atoms with Crippen molar-refractivity contribution in [2.75, 3.05) is 14.2 Å². The lowest BCUT2D eigenvalue weighted by atomic mass is 9.71. The molecule has 0 radical (unpaired) electrons. The largest absolute Gasteiger partial charge is 0.493 e. The van der Waals surface area contributed by atoms with Crippen molar-refractivity contribution in [2.24, 2.45) is 11.3 Å². The predicted molar refractivity (Wildman–Crippen MR) is 95.1 cm³/mol. The Morgan fingerprint density at radius 2 is 1.58 bits per heavy atom. The van der Waals surface area contributed by atoms with Crippen LogP contribution in [-0.2, 0) is 10.0 Å². The molecule has 1 aliphatic rings. The number of nitrogens with one attached hydrogen (secondary N) is 1. The Hall–Kier alpha value is -1.27. The highest BCUT2D eigenvalue weighted by Gasteiger charge is 2.31. The summed E-state index contributed by atoms with van der Waals surface area (Å²) in [6.45, 7) is 6.77. The van der Waals surface area contributed by atoms with E-state index in [-0.39, 0.29) is 16.4 Å². The summed E-state index contributed by atoms with van der Waals surface area (Å²) >= 11 is 0. The summed E-state index contributed by atoms with van der Waals surface area (Å²) in [5.41, 5.74) is 0.285. The molecule has 0 heterocycles. The van der Waals surface area contributed by atoms with E-state index in [4.69, 9.17) is 9.47 Å². The van der Waals surface area contributed by atoms with Gasteiger partial charge in [0.05, 0.1) is 19.1 Å². The Bertz CT molecular complexity index is 656. The van der Waals surface area contributed by atoms with Gasteiger partial charge < -0.3 is 9.47 Å². The van der Waals surface area contributed by atoms with Crippen LogP contribution in [0.25, 0.3) is 0 Å². The first-order chi connectivity index (χ1) is 11.2. The van der Waals surface area contributed by atoms with Crippen molar-refractivity contribution in [3.8, 4) is 11.5 Å². The van der Waals surface area contributed by atoms with Crippen LogP contribution in [0.5, 0.6) is 11.5 Å². The van der Waals surface area contributed by atoms with Gasteiger partial charge in [-0.25, -0.2) is 13.1 Å². The van der Waals surface area contributed by atoms with Gasteiger partial charge in [0, 0.05) is 12.1 Å². The van der Waals surface area contributed by atoms with Crippen LogP contribution in [0.4, 0.5) is 0 Å². The topological polar surface area (TPSA) is 64.6 Å². The van der Waals surface area contributed by atoms with E-state index in [1.54, 1.807) is 12.1 Å². The maximum absolute atomic E-state index is 12.6. The van der Waals surface area contributed by atoms with Gasteiger partial charge in [-0.15, -0.1) is 0 Å². The van der Waals surface area contributed by atoms with E-state index in [0.717, 1.165) is 25.7 Å². The molecule has 0 saturated heterocycles. The molecule has 0 atom stereocenters. The fourth-order valence-corrected chi connectivity index (χ4v) is 4.67. The lowest BCUT2D eigenvalue weighted by Crippen LogP contribution is -2.39. The van der Waals surface area contributed by atoms with Crippen LogP contribution < -0.4 is 14.2 Å². The summed E-state index contributed by atoms with van der Waals surface area (Å²) < 4.78 is 38.5. The van der Waals surface area contributed by atoms with Crippen molar-refractivity contribution in [2.45, 2.75) is 57.4 Å². The zero-order valence-corrected chi connectivity index (χ0v) is 16.1. The predicted octanol–water partition coefficient (Wildman–Crippen LogP) is 3.59. The zero-order chi connectivity index (χ0) is 18.0. The maximum Gasteiger partial charge on any atom is 0.240 e. The quantitative estimate of drug-likeness (QED) is 0.877. The highest BCUT2D eigenvalue weighted by atomic mass is 32.2. The SMILES string of the molecule is COc1ccc(S(=O)(=O)NC2CCC(C(C)(C)C)CC2)cc1OC. The molecule has 0 aromatic heterocycles. The summed E-state index contributed by atoms with van der Waals surface area (Å²) in [6.07, 6.45) is 3.88. The smallest absolute Gasteiger partial charge is 0.240 e. The van der Waals surface area contributed by atoms with Crippen LogP contribution in [0, 0.1) is 11.3 Å². The molecule has 1 fully saturated rings. The molecule has 24 heavy (non-hydrogen) atoms. The summed E-state index contributed by atoms with van der Waals surface area (Å²) in [5, 5.41) is 0. The van der Waals surface area contributed by atoms with Crippen molar-refractivity contribution >= 4 is 10.0 Å². The lowest BCUT2D eigenvalue weighted by molar-refractivity contribution is 0.166. The van der Waals surface area contributed by atoms with Crippen LogP contribution >= 0.6 is 0 Å². The molecule has 1 aliphatic carbocycles. The lowest BCUT2D eigenvalue weighted by Gasteiger charge is -2.37. The summed E-state index contributed by atoms with van der Waals surface area (Å²) in [4.78, 5) is 0.207. The average molecular weight is 356 g/mol. The van der Waals surface area contributed by atoms with E-state index in [1.165, 1.54) is 20.3 Å². The van der Waals surface area contributed by atoms with Crippen molar-refractivity contribution in [1.29, 1.82) is 0 Å². The zero-order valence-electron chi connectivity index (χ0n) is 15.3. The minimum Gasteiger partial charge on any atom is -0.493 e.